The van der Waals surface area contributed by atoms with Gasteiger partial charge in [0.1, 0.15) is 0 Å². The van der Waals surface area contributed by atoms with Gasteiger partial charge in [-0.3, -0.25) is 19.3 Å². The van der Waals surface area contributed by atoms with Crippen LogP contribution < -0.4 is 4.90 Å². The van der Waals surface area contributed by atoms with Crippen molar-refractivity contribution in [2.45, 2.75) is 38.8 Å². The highest BCUT2D eigenvalue weighted by Crippen LogP contribution is 2.48. The second-order valence-corrected chi connectivity index (χ2v) is 9.11. The molecule has 0 aliphatic carbocycles. The van der Waals surface area contributed by atoms with Crippen molar-refractivity contribution in [3.8, 4) is 0 Å². The van der Waals surface area contributed by atoms with Gasteiger partial charge < -0.3 is 0 Å². The van der Waals surface area contributed by atoms with E-state index >= 15 is 0 Å². The molecule has 30 heavy (non-hydrogen) atoms. The fourth-order valence-corrected chi connectivity index (χ4v) is 5.76. The maximum absolute atomic E-state index is 13.6. The van der Waals surface area contributed by atoms with Crippen LogP contribution in [0.4, 0.5) is 5.69 Å². The van der Waals surface area contributed by atoms with Gasteiger partial charge in [-0.2, -0.15) is 0 Å². The number of Topliss-reactive ketones (excluding diaryl/α,β-unsaturated/α-hetero) is 1. The van der Waals surface area contributed by atoms with Crippen LogP contribution in [-0.2, 0) is 9.59 Å². The highest BCUT2D eigenvalue weighted by atomic mass is 35.5. The monoisotopic (exact) mass is 422 g/mol. The molecule has 4 atom stereocenters. The first-order chi connectivity index (χ1) is 14.4. The maximum Gasteiger partial charge on any atom is 0.239 e. The van der Waals surface area contributed by atoms with Crippen LogP contribution in [0.5, 0.6) is 0 Å². The molecular weight excluding hydrogens is 400 g/mol. The normalized spacial score (nSPS) is 28.2. The fraction of sp³-hybridized carbons (Fsp3) is 0.375. The van der Waals surface area contributed by atoms with Crippen molar-refractivity contribution in [3.05, 3.63) is 64.2 Å². The number of carbonyl (C=O) groups is 3. The first-order valence-electron chi connectivity index (χ1n) is 10.4. The number of anilines is 1. The maximum atomic E-state index is 13.6. The zero-order valence-electron chi connectivity index (χ0n) is 17.0. The highest BCUT2D eigenvalue weighted by Gasteiger charge is 2.64. The highest BCUT2D eigenvalue weighted by molar-refractivity contribution is 6.30. The van der Waals surface area contributed by atoms with E-state index in [0.29, 0.717) is 16.3 Å². The molecule has 3 fully saturated rings. The molecule has 6 heteroatoms. The molecule has 154 valence electrons. The summed E-state index contributed by atoms with van der Waals surface area (Å²) in [6.45, 7) is 4.65. The zero-order valence-corrected chi connectivity index (χ0v) is 17.7. The summed E-state index contributed by atoms with van der Waals surface area (Å²) in [5.41, 5.74) is 3.14. The van der Waals surface area contributed by atoms with Crippen LogP contribution in [0.25, 0.3) is 0 Å². The van der Waals surface area contributed by atoms with E-state index in [0.717, 1.165) is 30.5 Å². The number of aryl methyl sites for hydroxylation is 2. The number of carbonyl (C=O) groups excluding carboxylic acids is 3. The summed E-state index contributed by atoms with van der Waals surface area (Å²) in [5, 5.41) is 0.558. The topological polar surface area (TPSA) is 57.7 Å². The smallest absolute Gasteiger partial charge is 0.239 e. The molecule has 0 radical (unpaired) electrons. The SMILES string of the molecule is Cc1cc(C)cc(N2C(=O)[C@@H]3[C@H](C2=O)[C@H]2CCCN2[C@@H]3C(=O)c2ccc(Cl)cc2)c1. The van der Waals surface area contributed by atoms with E-state index in [9.17, 15) is 14.4 Å². The van der Waals surface area contributed by atoms with Gasteiger partial charge in [0.2, 0.25) is 11.8 Å². The van der Waals surface area contributed by atoms with Crippen molar-refractivity contribution in [1.82, 2.24) is 4.90 Å². The van der Waals surface area contributed by atoms with E-state index in [2.05, 4.69) is 4.90 Å². The summed E-state index contributed by atoms with van der Waals surface area (Å²) in [4.78, 5) is 43.9. The van der Waals surface area contributed by atoms with Crippen LogP contribution >= 0.6 is 11.6 Å². The number of hydrogen-bond acceptors (Lipinski definition) is 4. The first kappa shape index (κ1) is 19.5. The third-order valence-corrected chi connectivity index (χ3v) is 6.97. The molecule has 0 saturated carbocycles. The molecule has 0 aromatic heterocycles. The second-order valence-electron chi connectivity index (χ2n) is 8.67. The van der Waals surface area contributed by atoms with Gasteiger partial charge in [0.25, 0.3) is 0 Å². The van der Waals surface area contributed by atoms with Crippen molar-refractivity contribution in [3.63, 3.8) is 0 Å². The lowest BCUT2D eigenvalue weighted by Crippen LogP contribution is -2.46. The van der Waals surface area contributed by atoms with Crippen LogP contribution in [-0.4, -0.2) is 41.1 Å². The minimum absolute atomic E-state index is 0.0522. The number of fused-ring (bicyclic) bond motifs is 3. The van der Waals surface area contributed by atoms with Crippen LogP contribution in [0.1, 0.15) is 34.3 Å². The number of rotatable bonds is 3. The molecule has 2 aromatic rings. The summed E-state index contributed by atoms with van der Waals surface area (Å²) in [6.07, 6.45) is 1.77. The first-order valence-corrected chi connectivity index (χ1v) is 10.8. The zero-order chi connectivity index (χ0) is 21.2. The molecule has 5 rings (SSSR count). The summed E-state index contributed by atoms with van der Waals surface area (Å²) >= 11 is 5.98. The molecule has 0 bridgehead atoms. The lowest BCUT2D eigenvalue weighted by molar-refractivity contribution is -0.123. The Hall–Kier alpha value is -2.50. The summed E-state index contributed by atoms with van der Waals surface area (Å²) in [5.74, 6) is -1.61. The molecule has 0 unspecified atom stereocenters. The van der Waals surface area contributed by atoms with Gasteiger partial charge in [0, 0.05) is 16.6 Å². The van der Waals surface area contributed by atoms with Gasteiger partial charge >= 0.3 is 0 Å². The van der Waals surface area contributed by atoms with Crippen molar-refractivity contribution in [2.24, 2.45) is 11.8 Å². The predicted molar refractivity (Wildman–Crippen MR) is 115 cm³/mol. The third kappa shape index (κ3) is 2.83. The number of hydrogen-bond donors (Lipinski definition) is 0. The predicted octanol–water partition coefficient (Wildman–Crippen LogP) is 3.79. The minimum atomic E-state index is -0.633. The van der Waals surface area contributed by atoms with Crippen LogP contribution in [0, 0.1) is 25.7 Å². The summed E-state index contributed by atoms with van der Waals surface area (Å²) < 4.78 is 0. The lowest BCUT2D eigenvalue weighted by atomic mass is 9.85. The fourth-order valence-electron chi connectivity index (χ4n) is 5.63. The average molecular weight is 423 g/mol. The Kier molecular flexibility index (Phi) is 4.56. The van der Waals surface area contributed by atoms with Crippen LogP contribution in [0.15, 0.2) is 42.5 Å². The van der Waals surface area contributed by atoms with Gasteiger partial charge in [0.05, 0.1) is 23.6 Å². The quantitative estimate of drug-likeness (QED) is 0.557. The van der Waals surface area contributed by atoms with E-state index in [-0.39, 0.29) is 23.6 Å². The molecule has 0 N–H and O–H groups in total. The van der Waals surface area contributed by atoms with E-state index in [1.54, 1.807) is 24.3 Å². The molecule has 5 nitrogen and oxygen atoms in total. The number of halogens is 1. The van der Waals surface area contributed by atoms with E-state index in [1.165, 1.54) is 4.90 Å². The molecule has 3 saturated heterocycles. The van der Waals surface area contributed by atoms with E-state index < -0.39 is 17.9 Å². The Bertz CT molecular complexity index is 1040. The molecule has 0 spiro atoms. The summed E-state index contributed by atoms with van der Waals surface area (Å²) in [6, 6.07) is 11.9. The van der Waals surface area contributed by atoms with Gasteiger partial charge in [-0.25, -0.2) is 4.90 Å². The van der Waals surface area contributed by atoms with Gasteiger partial charge in [0.15, 0.2) is 5.78 Å². The lowest BCUT2D eigenvalue weighted by Gasteiger charge is -2.27. The van der Waals surface area contributed by atoms with Crippen molar-refractivity contribution in [2.75, 3.05) is 11.4 Å². The number of nitrogens with zero attached hydrogens (tertiary/aromatic N) is 2. The Labute approximate surface area is 180 Å². The van der Waals surface area contributed by atoms with E-state index in [4.69, 9.17) is 11.6 Å². The van der Waals surface area contributed by atoms with Crippen molar-refractivity contribution < 1.29 is 14.4 Å². The van der Waals surface area contributed by atoms with Gasteiger partial charge in [-0.05, 0) is 80.8 Å². The summed E-state index contributed by atoms with van der Waals surface area (Å²) in [7, 11) is 0. The Morgan fingerprint density at radius 2 is 1.60 bits per heavy atom. The van der Waals surface area contributed by atoms with Crippen LogP contribution in [0.2, 0.25) is 5.02 Å². The second kappa shape index (κ2) is 7.03. The van der Waals surface area contributed by atoms with Crippen LogP contribution in [0.3, 0.4) is 0 Å². The molecule has 3 heterocycles. The molecular formula is C24H23ClN2O3. The standard InChI is InChI=1S/C24H23ClN2O3/c1-13-10-14(2)12-17(11-13)27-23(29)19-18-4-3-9-26(18)21(20(19)24(27)30)22(28)15-5-7-16(25)8-6-15/h5-8,10-12,18-21H,3-4,9H2,1-2H3/t18-,19-,20-,21+/m1/s1. The number of benzene rings is 2. The Morgan fingerprint density at radius 3 is 2.27 bits per heavy atom. The van der Waals surface area contributed by atoms with Crippen molar-refractivity contribution >= 4 is 34.9 Å². The molecule has 2 aromatic carbocycles. The number of imide groups is 1. The molecule has 3 aliphatic heterocycles. The van der Waals surface area contributed by atoms with Gasteiger partial charge in [-0.1, -0.05) is 17.7 Å². The number of ketones is 1. The molecule has 3 aliphatic rings. The average Bonchev–Trinajstić information content (AvgIpc) is 3.33. The third-order valence-electron chi connectivity index (χ3n) is 6.71. The Balaban J connectivity index is 1.56. The molecule has 2 amide bonds. The van der Waals surface area contributed by atoms with E-state index in [1.807, 2.05) is 32.0 Å². The minimum Gasteiger partial charge on any atom is -0.292 e. The Morgan fingerprint density at radius 1 is 0.967 bits per heavy atom. The van der Waals surface area contributed by atoms with Crippen molar-refractivity contribution in [1.29, 1.82) is 0 Å². The largest absolute Gasteiger partial charge is 0.292 e. The number of amides is 2. The van der Waals surface area contributed by atoms with Gasteiger partial charge in [-0.15, -0.1) is 0 Å².